The Bertz CT molecular complexity index is 431. The highest BCUT2D eigenvalue weighted by molar-refractivity contribution is 5.76. The van der Waals surface area contributed by atoms with Gasteiger partial charge in [-0.05, 0) is 43.7 Å². The van der Waals surface area contributed by atoms with Gasteiger partial charge in [0.25, 0.3) is 0 Å². The molecule has 0 radical (unpaired) electrons. The third-order valence-electron chi connectivity index (χ3n) is 3.91. The van der Waals surface area contributed by atoms with E-state index in [2.05, 4.69) is 31.2 Å². The van der Waals surface area contributed by atoms with E-state index in [4.69, 9.17) is 5.73 Å². The van der Waals surface area contributed by atoms with Crippen molar-refractivity contribution < 1.29 is 4.79 Å². The summed E-state index contributed by atoms with van der Waals surface area (Å²) in [6.07, 6.45) is 4.65. The van der Waals surface area contributed by atoms with Gasteiger partial charge in [0.1, 0.15) is 0 Å². The number of benzene rings is 1. The Morgan fingerprint density at radius 1 is 1.42 bits per heavy atom. The van der Waals surface area contributed by atoms with E-state index in [0.717, 1.165) is 38.8 Å². The first-order valence-electron chi connectivity index (χ1n) is 7.24. The molecule has 0 spiro atoms. The molecule has 3 heteroatoms. The third kappa shape index (κ3) is 4.06. The van der Waals surface area contributed by atoms with Crippen LogP contribution in [0.3, 0.4) is 0 Å². The number of hydrogen-bond acceptors (Lipinski definition) is 2. The highest BCUT2D eigenvalue weighted by atomic mass is 16.2. The van der Waals surface area contributed by atoms with Crippen molar-refractivity contribution in [1.82, 2.24) is 4.90 Å². The van der Waals surface area contributed by atoms with Gasteiger partial charge in [-0.1, -0.05) is 24.3 Å². The summed E-state index contributed by atoms with van der Waals surface area (Å²) >= 11 is 0. The Labute approximate surface area is 115 Å². The van der Waals surface area contributed by atoms with Crippen molar-refractivity contribution in [3.8, 4) is 0 Å². The summed E-state index contributed by atoms with van der Waals surface area (Å²) in [5, 5.41) is 0. The van der Waals surface area contributed by atoms with E-state index in [-0.39, 0.29) is 11.9 Å². The molecule has 1 aromatic rings. The van der Waals surface area contributed by atoms with Gasteiger partial charge in [-0.25, -0.2) is 0 Å². The summed E-state index contributed by atoms with van der Waals surface area (Å²) in [6.45, 7) is 3.75. The molecule has 104 valence electrons. The third-order valence-corrected chi connectivity index (χ3v) is 3.91. The minimum Gasteiger partial charge on any atom is -0.341 e. The smallest absolute Gasteiger partial charge is 0.222 e. The van der Waals surface area contributed by atoms with Crippen LogP contribution >= 0.6 is 0 Å². The first kappa shape index (κ1) is 14.1. The number of hydrogen-bond donors (Lipinski definition) is 1. The molecule has 1 amide bonds. The Morgan fingerprint density at radius 3 is 2.95 bits per heavy atom. The fraction of sp³-hybridized carbons (Fsp3) is 0.562. The Morgan fingerprint density at radius 2 is 2.21 bits per heavy atom. The minimum atomic E-state index is 0.175. The van der Waals surface area contributed by atoms with Crippen LogP contribution in [0, 0.1) is 6.92 Å². The van der Waals surface area contributed by atoms with Crippen LogP contribution in [0.2, 0.25) is 0 Å². The van der Waals surface area contributed by atoms with Crippen LogP contribution in [0.4, 0.5) is 0 Å². The van der Waals surface area contributed by atoms with E-state index < -0.39 is 0 Å². The van der Waals surface area contributed by atoms with E-state index in [0.29, 0.717) is 6.42 Å². The van der Waals surface area contributed by atoms with E-state index in [1.807, 2.05) is 4.90 Å². The van der Waals surface area contributed by atoms with Gasteiger partial charge in [0.05, 0.1) is 0 Å². The number of piperidine rings is 1. The molecule has 1 aromatic carbocycles. The summed E-state index contributed by atoms with van der Waals surface area (Å²) in [6, 6.07) is 8.57. The lowest BCUT2D eigenvalue weighted by atomic mass is 10.0. The van der Waals surface area contributed by atoms with Gasteiger partial charge in [-0.3, -0.25) is 4.79 Å². The maximum Gasteiger partial charge on any atom is 0.222 e. The van der Waals surface area contributed by atoms with Crippen molar-refractivity contribution in [2.45, 2.75) is 45.1 Å². The fourth-order valence-corrected chi connectivity index (χ4v) is 2.72. The molecule has 2 rings (SSSR count). The largest absolute Gasteiger partial charge is 0.341 e. The molecule has 0 aliphatic carbocycles. The molecule has 0 aromatic heterocycles. The zero-order valence-electron chi connectivity index (χ0n) is 11.8. The number of amides is 1. The van der Waals surface area contributed by atoms with E-state index in [9.17, 15) is 4.79 Å². The average Bonchev–Trinajstić information content (AvgIpc) is 2.41. The first-order chi connectivity index (χ1) is 9.16. The maximum atomic E-state index is 12.1. The molecule has 1 aliphatic rings. The second kappa shape index (κ2) is 6.71. The summed E-state index contributed by atoms with van der Waals surface area (Å²) in [5.41, 5.74) is 8.58. The Hall–Kier alpha value is -1.35. The SMILES string of the molecule is Cc1ccccc1CCCC(=O)N1CCCC(N)C1. The summed E-state index contributed by atoms with van der Waals surface area (Å²) in [4.78, 5) is 14.0. The molecular weight excluding hydrogens is 236 g/mol. The van der Waals surface area contributed by atoms with Crippen LogP contribution in [0.25, 0.3) is 0 Å². The van der Waals surface area contributed by atoms with Crippen molar-refractivity contribution in [2.24, 2.45) is 5.73 Å². The van der Waals surface area contributed by atoms with Crippen LogP contribution in [0.5, 0.6) is 0 Å². The average molecular weight is 260 g/mol. The van der Waals surface area contributed by atoms with Gasteiger partial charge in [0, 0.05) is 25.6 Å². The lowest BCUT2D eigenvalue weighted by Crippen LogP contribution is -2.45. The number of aryl methyl sites for hydroxylation is 2. The van der Waals surface area contributed by atoms with Crippen LogP contribution in [0.1, 0.15) is 36.8 Å². The van der Waals surface area contributed by atoms with Gasteiger partial charge >= 0.3 is 0 Å². The molecule has 0 bridgehead atoms. The van der Waals surface area contributed by atoms with Gasteiger partial charge in [-0.2, -0.15) is 0 Å². The standard InChI is InChI=1S/C16H24N2O/c1-13-6-2-3-7-14(13)8-4-10-16(19)18-11-5-9-15(17)12-18/h2-3,6-7,15H,4-5,8-12,17H2,1H3. The minimum absolute atomic E-state index is 0.175. The van der Waals surface area contributed by atoms with Gasteiger partial charge < -0.3 is 10.6 Å². The molecular formula is C16H24N2O. The quantitative estimate of drug-likeness (QED) is 0.902. The topological polar surface area (TPSA) is 46.3 Å². The van der Waals surface area contributed by atoms with E-state index in [1.165, 1.54) is 11.1 Å². The molecule has 1 fully saturated rings. The first-order valence-corrected chi connectivity index (χ1v) is 7.24. The normalized spacial score (nSPS) is 19.5. The Kier molecular flexibility index (Phi) is 4.97. The molecule has 1 aliphatic heterocycles. The molecule has 19 heavy (non-hydrogen) atoms. The van der Waals surface area contributed by atoms with Crippen molar-refractivity contribution >= 4 is 5.91 Å². The van der Waals surface area contributed by atoms with Gasteiger partial charge in [-0.15, -0.1) is 0 Å². The van der Waals surface area contributed by atoms with Crippen LogP contribution in [0.15, 0.2) is 24.3 Å². The number of carbonyl (C=O) groups is 1. The molecule has 3 nitrogen and oxygen atoms in total. The maximum absolute atomic E-state index is 12.1. The number of likely N-dealkylation sites (tertiary alicyclic amines) is 1. The van der Waals surface area contributed by atoms with Crippen LogP contribution in [-0.2, 0) is 11.2 Å². The predicted molar refractivity (Wildman–Crippen MR) is 77.9 cm³/mol. The van der Waals surface area contributed by atoms with Crippen molar-refractivity contribution in [1.29, 1.82) is 0 Å². The highest BCUT2D eigenvalue weighted by Crippen LogP contribution is 2.13. The zero-order chi connectivity index (χ0) is 13.7. The zero-order valence-corrected chi connectivity index (χ0v) is 11.8. The molecule has 0 saturated carbocycles. The second-order valence-electron chi connectivity index (χ2n) is 5.52. The monoisotopic (exact) mass is 260 g/mol. The molecule has 1 unspecified atom stereocenters. The lowest BCUT2D eigenvalue weighted by molar-refractivity contribution is -0.132. The van der Waals surface area contributed by atoms with E-state index >= 15 is 0 Å². The van der Waals surface area contributed by atoms with Crippen molar-refractivity contribution in [3.63, 3.8) is 0 Å². The number of nitrogens with two attached hydrogens (primary N) is 1. The summed E-state index contributed by atoms with van der Waals surface area (Å²) in [7, 11) is 0. The molecule has 1 saturated heterocycles. The van der Waals surface area contributed by atoms with Crippen molar-refractivity contribution in [2.75, 3.05) is 13.1 Å². The summed E-state index contributed by atoms with van der Waals surface area (Å²) in [5.74, 6) is 0.267. The number of nitrogens with zero attached hydrogens (tertiary/aromatic N) is 1. The Balaban J connectivity index is 1.76. The van der Waals surface area contributed by atoms with Crippen molar-refractivity contribution in [3.05, 3.63) is 35.4 Å². The predicted octanol–water partition coefficient (Wildman–Crippen LogP) is 2.27. The molecule has 1 atom stereocenters. The van der Waals surface area contributed by atoms with Crippen LogP contribution < -0.4 is 5.73 Å². The van der Waals surface area contributed by atoms with Crippen LogP contribution in [-0.4, -0.2) is 29.9 Å². The van der Waals surface area contributed by atoms with Gasteiger partial charge in [0.15, 0.2) is 0 Å². The number of carbonyl (C=O) groups excluding carboxylic acids is 1. The highest BCUT2D eigenvalue weighted by Gasteiger charge is 2.20. The molecule has 1 heterocycles. The van der Waals surface area contributed by atoms with E-state index in [1.54, 1.807) is 0 Å². The summed E-state index contributed by atoms with van der Waals surface area (Å²) < 4.78 is 0. The van der Waals surface area contributed by atoms with Gasteiger partial charge in [0.2, 0.25) is 5.91 Å². The lowest BCUT2D eigenvalue weighted by Gasteiger charge is -2.30. The fourth-order valence-electron chi connectivity index (χ4n) is 2.72. The number of rotatable bonds is 4. The second-order valence-corrected chi connectivity index (χ2v) is 5.52. The molecule has 2 N–H and O–H groups in total.